The highest BCUT2D eigenvalue weighted by molar-refractivity contribution is 5.99. The second-order valence-corrected chi connectivity index (χ2v) is 4.84. The number of rotatable bonds is 7. The van der Waals surface area contributed by atoms with Crippen LogP contribution in [0.2, 0.25) is 0 Å². The van der Waals surface area contributed by atoms with Crippen LogP contribution in [0, 0.1) is 0 Å². The van der Waals surface area contributed by atoms with Gasteiger partial charge in [0.25, 0.3) is 0 Å². The topological polar surface area (TPSA) is 81.7 Å². The zero-order valence-corrected chi connectivity index (χ0v) is 12.7. The Balaban J connectivity index is 2.60. The number of carboxylic acids is 1. The lowest BCUT2D eigenvalue weighted by atomic mass is 10.2. The van der Waals surface area contributed by atoms with E-state index >= 15 is 0 Å². The van der Waals surface area contributed by atoms with Crippen LogP contribution in [0.5, 0.6) is 0 Å². The fourth-order valence-corrected chi connectivity index (χ4v) is 2.08. The lowest BCUT2D eigenvalue weighted by molar-refractivity contribution is 0.0698. The number of hydrogen-bond donors (Lipinski definition) is 3. The van der Waals surface area contributed by atoms with Crippen molar-refractivity contribution in [3.8, 4) is 0 Å². The number of nitrogens with one attached hydrogen (secondary N) is 2. The number of carboxylic acid groups (broad SMARTS) is 1. The van der Waals surface area contributed by atoms with E-state index in [9.17, 15) is 9.59 Å². The molecule has 0 aliphatic rings. The molecule has 0 saturated heterocycles. The number of para-hydroxylation sites is 1. The van der Waals surface area contributed by atoms with Crippen LogP contribution < -0.4 is 10.6 Å². The summed E-state index contributed by atoms with van der Waals surface area (Å²) >= 11 is 0. The van der Waals surface area contributed by atoms with Gasteiger partial charge in [-0.3, -0.25) is 0 Å². The van der Waals surface area contributed by atoms with Gasteiger partial charge in [-0.1, -0.05) is 26.0 Å². The second-order valence-electron chi connectivity index (χ2n) is 4.84. The van der Waals surface area contributed by atoms with E-state index in [1.54, 1.807) is 18.2 Å². The van der Waals surface area contributed by atoms with E-state index in [1.807, 2.05) is 6.92 Å². The third-order valence-corrected chi connectivity index (χ3v) is 3.21. The third kappa shape index (κ3) is 5.43. The molecule has 21 heavy (non-hydrogen) atoms. The van der Waals surface area contributed by atoms with Crippen molar-refractivity contribution in [3.63, 3.8) is 0 Å². The highest BCUT2D eigenvalue weighted by Gasteiger charge is 2.14. The molecule has 3 N–H and O–H groups in total. The zero-order chi connectivity index (χ0) is 15.8. The molecular weight excluding hydrogens is 270 g/mol. The number of benzene rings is 1. The van der Waals surface area contributed by atoms with Crippen molar-refractivity contribution >= 4 is 17.7 Å². The molecule has 0 bridgehead atoms. The molecule has 0 aliphatic carbocycles. The molecule has 0 spiro atoms. The fourth-order valence-electron chi connectivity index (χ4n) is 2.08. The van der Waals surface area contributed by atoms with E-state index in [0.29, 0.717) is 0 Å². The average Bonchev–Trinajstić information content (AvgIpc) is 2.44. The number of hydrogen-bond acceptors (Lipinski definition) is 3. The zero-order valence-electron chi connectivity index (χ0n) is 12.7. The summed E-state index contributed by atoms with van der Waals surface area (Å²) < 4.78 is 0. The summed E-state index contributed by atoms with van der Waals surface area (Å²) in [7, 11) is 0. The molecular formula is C15H23N3O3. The summed E-state index contributed by atoms with van der Waals surface area (Å²) in [6, 6.07) is 5.90. The number of nitrogens with zero attached hydrogens (tertiary/aromatic N) is 1. The highest BCUT2D eigenvalue weighted by atomic mass is 16.4. The lowest BCUT2D eigenvalue weighted by Crippen LogP contribution is -2.43. The minimum Gasteiger partial charge on any atom is -0.478 e. The number of amides is 2. The Morgan fingerprint density at radius 3 is 2.43 bits per heavy atom. The van der Waals surface area contributed by atoms with Crippen LogP contribution in [0.3, 0.4) is 0 Å². The van der Waals surface area contributed by atoms with Gasteiger partial charge in [0, 0.05) is 12.6 Å². The van der Waals surface area contributed by atoms with Gasteiger partial charge in [0.1, 0.15) is 0 Å². The molecule has 6 heteroatoms. The number of carbonyl (C=O) groups is 2. The maximum atomic E-state index is 11.9. The summed E-state index contributed by atoms with van der Waals surface area (Å²) in [5.74, 6) is -1.07. The fraction of sp³-hybridized carbons (Fsp3) is 0.467. The molecule has 0 fully saturated rings. The Hall–Kier alpha value is -2.08. The first-order valence-corrected chi connectivity index (χ1v) is 7.10. The van der Waals surface area contributed by atoms with E-state index in [1.165, 1.54) is 6.07 Å². The van der Waals surface area contributed by atoms with Gasteiger partial charge < -0.3 is 20.6 Å². The highest BCUT2D eigenvalue weighted by Crippen LogP contribution is 2.14. The monoisotopic (exact) mass is 293 g/mol. The molecule has 116 valence electrons. The van der Waals surface area contributed by atoms with Crippen molar-refractivity contribution in [3.05, 3.63) is 29.8 Å². The van der Waals surface area contributed by atoms with Crippen LogP contribution >= 0.6 is 0 Å². The van der Waals surface area contributed by atoms with Gasteiger partial charge in [0.05, 0.1) is 11.3 Å². The summed E-state index contributed by atoms with van der Waals surface area (Å²) in [5.41, 5.74) is 0.363. The quantitative estimate of drug-likeness (QED) is 0.720. The maximum Gasteiger partial charge on any atom is 0.337 e. The van der Waals surface area contributed by atoms with E-state index < -0.39 is 12.0 Å². The summed E-state index contributed by atoms with van der Waals surface area (Å²) in [6.07, 6.45) is 0. The van der Waals surface area contributed by atoms with Crippen LogP contribution in [0.4, 0.5) is 10.5 Å². The molecule has 0 heterocycles. The van der Waals surface area contributed by atoms with Gasteiger partial charge >= 0.3 is 12.0 Å². The van der Waals surface area contributed by atoms with Crippen LogP contribution in [0.25, 0.3) is 0 Å². The third-order valence-electron chi connectivity index (χ3n) is 3.21. The molecule has 0 radical (unpaired) electrons. The van der Waals surface area contributed by atoms with Crippen LogP contribution in [0.15, 0.2) is 24.3 Å². The summed E-state index contributed by atoms with van der Waals surface area (Å²) in [4.78, 5) is 25.2. The van der Waals surface area contributed by atoms with Crippen molar-refractivity contribution in [1.29, 1.82) is 0 Å². The second kappa shape index (κ2) is 8.26. The van der Waals surface area contributed by atoms with E-state index in [0.717, 1.165) is 19.6 Å². The van der Waals surface area contributed by atoms with E-state index in [4.69, 9.17) is 5.11 Å². The molecule has 0 aromatic heterocycles. The first-order chi connectivity index (χ1) is 9.97. The van der Waals surface area contributed by atoms with Crippen LogP contribution in [-0.4, -0.2) is 47.7 Å². The average molecular weight is 293 g/mol. The minimum absolute atomic E-state index is 0.0260. The first-order valence-electron chi connectivity index (χ1n) is 7.10. The van der Waals surface area contributed by atoms with Crippen LogP contribution in [0.1, 0.15) is 31.1 Å². The van der Waals surface area contributed by atoms with Gasteiger partial charge in [0.15, 0.2) is 0 Å². The Labute approximate surface area is 125 Å². The van der Waals surface area contributed by atoms with E-state index in [2.05, 4.69) is 29.4 Å². The molecule has 1 rings (SSSR count). The predicted octanol–water partition coefficient (Wildman–Crippen LogP) is 2.24. The van der Waals surface area contributed by atoms with Gasteiger partial charge in [-0.15, -0.1) is 0 Å². The molecule has 6 nitrogen and oxygen atoms in total. The molecule has 1 aromatic carbocycles. The summed E-state index contributed by atoms with van der Waals surface area (Å²) in [5, 5.41) is 14.5. The number of urea groups is 1. The Morgan fingerprint density at radius 1 is 1.24 bits per heavy atom. The van der Waals surface area contributed by atoms with Gasteiger partial charge in [-0.05, 0) is 32.1 Å². The van der Waals surface area contributed by atoms with Gasteiger partial charge in [-0.25, -0.2) is 9.59 Å². The SMILES string of the molecule is CCN(CC)CC(C)NC(=O)Nc1ccccc1C(=O)O. The Morgan fingerprint density at radius 2 is 1.86 bits per heavy atom. The largest absolute Gasteiger partial charge is 0.478 e. The Bertz CT molecular complexity index is 487. The molecule has 1 unspecified atom stereocenters. The predicted molar refractivity (Wildman–Crippen MR) is 82.8 cm³/mol. The molecule has 1 atom stereocenters. The number of likely N-dealkylation sites (N-methyl/N-ethyl adjacent to an activating group) is 1. The molecule has 0 aliphatic heterocycles. The Kier molecular flexibility index (Phi) is 6.68. The van der Waals surface area contributed by atoms with Gasteiger partial charge in [0.2, 0.25) is 0 Å². The number of anilines is 1. The van der Waals surface area contributed by atoms with Crippen molar-refractivity contribution in [2.45, 2.75) is 26.8 Å². The standard InChI is InChI=1S/C15H23N3O3/c1-4-18(5-2)10-11(3)16-15(21)17-13-9-7-6-8-12(13)14(19)20/h6-9,11H,4-5,10H2,1-3H3,(H,19,20)(H2,16,17,21). The molecule has 2 amide bonds. The van der Waals surface area contributed by atoms with Crippen LogP contribution in [-0.2, 0) is 0 Å². The lowest BCUT2D eigenvalue weighted by Gasteiger charge is -2.23. The maximum absolute atomic E-state index is 11.9. The number of aromatic carboxylic acids is 1. The number of carbonyl (C=O) groups excluding carboxylic acids is 1. The van der Waals surface area contributed by atoms with Crippen molar-refractivity contribution < 1.29 is 14.7 Å². The normalized spacial score (nSPS) is 12.0. The molecule has 1 aromatic rings. The first kappa shape index (κ1) is 17.0. The smallest absolute Gasteiger partial charge is 0.337 e. The summed E-state index contributed by atoms with van der Waals surface area (Å²) in [6.45, 7) is 8.65. The molecule has 0 saturated carbocycles. The van der Waals surface area contributed by atoms with Gasteiger partial charge in [-0.2, -0.15) is 0 Å². The minimum atomic E-state index is -1.07. The van der Waals surface area contributed by atoms with E-state index in [-0.39, 0.29) is 17.3 Å². The van der Waals surface area contributed by atoms with Crippen molar-refractivity contribution in [2.75, 3.05) is 25.0 Å². The van der Waals surface area contributed by atoms with Crippen molar-refractivity contribution in [1.82, 2.24) is 10.2 Å². The van der Waals surface area contributed by atoms with Crippen molar-refractivity contribution in [2.24, 2.45) is 0 Å².